The smallest absolute Gasteiger partial charge is 0.280 e. The third kappa shape index (κ3) is 2.80. The van der Waals surface area contributed by atoms with Crippen molar-refractivity contribution in [1.29, 1.82) is 0 Å². The van der Waals surface area contributed by atoms with E-state index in [1.54, 1.807) is 4.57 Å². The molecule has 0 amide bonds. The fourth-order valence-corrected chi connectivity index (χ4v) is 2.94. The number of aryl methyl sites for hydroxylation is 2. The van der Waals surface area contributed by atoms with Crippen LogP contribution in [0.3, 0.4) is 0 Å². The van der Waals surface area contributed by atoms with Gasteiger partial charge in [0, 0.05) is 24.8 Å². The monoisotopic (exact) mass is 326 g/mol. The summed E-state index contributed by atoms with van der Waals surface area (Å²) in [5.74, 6) is 0. The molecule has 0 atom stereocenters. The van der Waals surface area contributed by atoms with Gasteiger partial charge in [-0.15, -0.1) is 0 Å². The van der Waals surface area contributed by atoms with Gasteiger partial charge in [0.1, 0.15) is 0 Å². The van der Waals surface area contributed by atoms with Crippen LogP contribution in [0.2, 0.25) is 0 Å². The van der Waals surface area contributed by atoms with Crippen molar-refractivity contribution in [2.45, 2.75) is 20.4 Å². The van der Waals surface area contributed by atoms with E-state index in [1.165, 1.54) is 10.7 Å². The topological polar surface area (TPSA) is 63.0 Å². The largest absolute Gasteiger partial charge is 0.311 e. The van der Waals surface area contributed by atoms with Crippen LogP contribution in [-0.2, 0) is 6.54 Å². The fraction of sp³-hybridized carbons (Fsp3) is 0.333. The average Bonchev–Trinajstić information content (AvgIpc) is 2.83. The molecule has 6 heteroatoms. The highest BCUT2D eigenvalue weighted by atomic mass is 16.1. The van der Waals surface area contributed by atoms with E-state index in [0.29, 0.717) is 23.1 Å². The molecule has 0 saturated heterocycles. The summed E-state index contributed by atoms with van der Waals surface area (Å²) < 4.78 is 3.17. The predicted octanol–water partition coefficient (Wildman–Crippen LogP) is 1.66. The fourth-order valence-electron chi connectivity index (χ4n) is 2.94. The lowest BCUT2D eigenvalue weighted by Crippen LogP contribution is -2.28. The lowest BCUT2D eigenvalue weighted by Gasteiger charge is -2.13. The molecule has 2 heterocycles. The van der Waals surface area contributed by atoms with Crippen LogP contribution in [0.1, 0.15) is 11.3 Å². The molecule has 126 valence electrons. The van der Waals surface area contributed by atoms with E-state index in [1.807, 2.05) is 57.1 Å². The van der Waals surface area contributed by atoms with Crippen LogP contribution in [0.25, 0.3) is 16.6 Å². The number of nitrogens with zero attached hydrogens (tertiary/aromatic N) is 3. The maximum absolute atomic E-state index is 12.9. The highest BCUT2D eigenvalue weighted by Crippen LogP contribution is 2.14. The van der Waals surface area contributed by atoms with Gasteiger partial charge in [-0.2, -0.15) is 0 Å². The number of hydrogen-bond donors (Lipinski definition) is 1. The second-order valence-electron chi connectivity index (χ2n) is 6.40. The molecule has 1 N–H and O–H groups in total. The standard InChI is InChI=1S/C18H22N4O2/c1-12-6-5-7-14(10-12)22-18(24)17-13(2)21(9-8-20(3)4)16(23)11-15(17)19-22/h5-7,10-11,19H,8-9H2,1-4H3. The Balaban J connectivity index is 2.20. The minimum Gasteiger partial charge on any atom is -0.311 e. The molecular formula is C18H22N4O2. The van der Waals surface area contributed by atoms with Crippen LogP contribution < -0.4 is 11.1 Å². The Morgan fingerprint density at radius 2 is 1.88 bits per heavy atom. The molecule has 0 fully saturated rings. The lowest BCUT2D eigenvalue weighted by atomic mass is 10.2. The van der Waals surface area contributed by atoms with E-state index < -0.39 is 0 Å². The lowest BCUT2D eigenvalue weighted by molar-refractivity contribution is 0.379. The number of benzene rings is 1. The summed E-state index contributed by atoms with van der Waals surface area (Å²) in [5.41, 5.74) is 2.88. The van der Waals surface area contributed by atoms with Gasteiger partial charge in [0.25, 0.3) is 11.1 Å². The molecule has 0 aliphatic carbocycles. The van der Waals surface area contributed by atoms with E-state index >= 15 is 0 Å². The van der Waals surface area contributed by atoms with Crippen molar-refractivity contribution in [3.63, 3.8) is 0 Å². The van der Waals surface area contributed by atoms with E-state index in [0.717, 1.165) is 17.8 Å². The molecule has 6 nitrogen and oxygen atoms in total. The first-order chi connectivity index (χ1) is 11.4. The zero-order chi connectivity index (χ0) is 17.4. The molecule has 0 unspecified atom stereocenters. The molecule has 24 heavy (non-hydrogen) atoms. The number of nitrogens with one attached hydrogen (secondary N) is 1. The number of H-pyrrole nitrogens is 1. The Hall–Kier alpha value is -2.60. The van der Waals surface area contributed by atoms with Crippen LogP contribution in [0.4, 0.5) is 0 Å². The van der Waals surface area contributed by atoms with Crippen LogP contribution in [0.5, 0.6) is 0 Å². The van der Waals surface area contributed by atoms with Gasteiger partial charge in [-0.25, -0.2) is 4.68 Å². The Morgan fingerprint density at radius 1 is 1.12 bits per heavy atom. The van der Waals surface area contributed by atoms with Crippen molar-refractivity contribution in [1.82, 2.24) is 19.2 Å². The highest BCUT2D eigenvalue weighted by molar-refractivity contribution is 5.80. The molecule has 3 rings (SSSR count). The van der Waals surface area contributed by atoms with Gasteiger partial charge in [-0.3, -0.25) is 14.7 Å². The Kier molecular flexibility index (Phi) is 4.15. The third-order valence-corrected chi connectivity index (χ3v) is 4.25. The van der Waals surface area contributed by atoms with Gasteiger partial charge in [0.2, 0.25) is 0 Å². The van der Waals surface area contributed by atoms with Crippen LogP contribution in [0.15, 0.2) is 39.9 Å². The SMILES string of the molecule is Cc1cccc(-n2[nH]c3cc(=O)n(CCN(C)C)c(C)c3c2=O)c1. The van der Waals surface area contributed by atoms with Gasteiger partial charge < -0.3 is 9.47 Å². The molecule has 0 spiro atoms. The zero-order valence-corrected chi connectivity index (χ0v) is 14.5. The van der Waals surface area contributed by atoms with Crippen LogP contribution in [0, 0.1) is 13.8 Å². The average molecular weight is 326 g/mol. The van der Waals surface area contributed by atoms with Gasteiger partial charge in [-0.1, -0.05) is 12.1 Å². The number of rotatable bonds is 4. The summed E-state index contributed by atoms with van der Waals surface area (Å²) in [5, 5.41) is 3.63. The molecule has 3 aromatic rings. The number of pyridine rings is 1. The Bertz CT molecular complexity index is 1010. The maximum atomic E-state index is 12.9. The molecule has 0 aliphatic rings. The molecule has 0 radical (unpaired) electrons. The van der Waals surface area contributed by atoms with Crippen molar-refractivity contribution in [2.24, 2.45) is 0 Å². The molecule has 1 aromatic carbocycles. The summed E-state index contributed by atoms with van der Waals surface area (Å²) >= 11 is 0. The van der Waals surface area contributed by atoms with Crippen molar-refractivity contribution in [3.05, 3.63) is 62.3 Å². The normalized spacial score (nSPS) is 11.5. The second kappa shape index (κ2) is 6.13. The first-order valence-electron chi connectivity index (χ1n) is 7.95. The number of hydrogen-bond acceptors (Lipinski definition) is 3. The van der Waals surface area contributed by atoms with Crippen LogP contribution in [-0.4, -0.2) is 39.9 Å². The van der Waals surface area contributed by atoms with Gasteiger partial charge in [0.15, 0.2) is 0 Å². The summed E-state index contributed by atoms with van der Waals surface area (Å²) in [6.07, 6.45) is 0. The minimum absolute atomic E-state index is 0.0977. The number of fused-ring (bicyclic) bond motifs is 1. The van der Waals surface area contributed by atoms with Gasteiger partial charge >= 0.3 is 0 Å². The predicted molar refractivity (Wildman–Crippen MR) is 96.2 cm³/mol. The summed E-state index contributed by atoms with van der Waals surface area (Å²) in [4.78, 5) is 27.3. The second-order valence-corrected chi connectivity index (χ2v) is 6.40. The van der Waals surface area contributed by atoms with Gasteiger partial charge in [-0.05, 0) is 45.6 Å². The van der Waals surface area contributed by atoms with Crippen molar-refractivity contribution in [2.75, 3.05) is 20.6 Å². The first-order valence-corrected chi connectivity index (χ1v) is 7.95. The summed E-state index contributed by atoms with van der Waals surface area (Å²) in [7, 11) is 3.92. The van der Waals surface area contributed by atoms with E-state index in [4.69, 9.17) is 0 Å². The van der Waals surface area contributed by atoms with Crippen LogP contribution >= 0.6 is 0 Å². The first kappa shape index (κ1) is 16.3. The van der Waals surface area contributed by atoms with E-state index in [2.05, 4.69) is 5.10 Å². The summed E-state index contributed by atoms with van der Waals surface area (Å²) in [6, 6.07) is 9.20. The Morgan fingerprint density at radius 3 is 2.54 bits per heavy atom. The third-order valence-electron chi connectivity index (χ3n) is 4.25. The Labute approximate surface area is 139 Å². The molecule has 0 aliphatic heterocycles. The molecule has 0 saturated carbocycles. The molecule has 2 aromatic heterocycles. The van der Waals surface area contributed by atoms with Crippen molar-refractivity contribution in [3.8, 4) is 5.69 Å². The quantitative estimate of drug-likeness (QED) is 0.793. The van der Waals surface area contributed by atoms with Gasteiger partial charge in [0.05, 0.1) is 16.6 Å². The number of aromatic nitrogens is 3. The molecular weight excluding hydrogens is 304 g/mol. The number of likely N-dealkylation sites (N-methyl/N-ethyl adjacent to an activating group) is 1. The maximum Gasteiger partial charge on any atom is 0.280 e. The van der Waals surface area contributed by atoms with Crippen molar-refractivity contribution < 1.29 is 0 Å². The minimum atomic E-state index is -0.133. The zero-order valence-electron chi connectivity index (χ0n) is 14.5. The number of aromatic amines is 1. The van der Waals surface area contributed by atoms with Crippen molar-refractivity contribution >= 4 is 10.9 Å². The summed E-state index contributed by atoms with van der Waals surface area (Å²) in [6.45, 7) is 5.11. The van der Waals surface area contributed by atoms with E-state index in [9.17, 15) is 9.59 Å². The van der Waals surface area contributed by atoms with E-state index in [-0.39, 0.29) is 11.1 Å². The highest BCUT2D eigenvalue weighted by Gasteiger charge is 2.15. The molecule has 0 bridgehead atoms.